The van der Waals surface area contributed by atoms with Crippen LogP contribution in [0, 0.1) is 0 Å². The number of furan rings is 1. The van der Waals surface area contributed by atoms with Crippen LogP contribution >= 0.6 is 11.3 Å². The minimum atomic E-state index is -0.0885. The van der Waals surface area contributed by atoms with Crippen LogP contribution in [0.5, 0.6) is 0 Å². The SMILES string of the molecule is c1coc(CN2CCO[C@]3(CCCN(c4nncs4)C3)C2)c1. The van der Waals surface area contributed by atoms with Gasteiger partial charge in [0.2, 0.25) is 5.13 Å². The lowest BCUT2D eigenvalue weighted by Crippen LogP contribution is -2.59. The maximum Gasteiger partial charge on any atom is 0.208 e. The quantitative estimate of drug-likeness (QED) is 0.862. The molecule has 2 aliphatic rings. The molecular formula is C15H20N4O2S. The number of rotatable bonds is 3. The average molecular weight is 320 g/mol. The summed E-state index contributed by atoms with van der Waals surface area (Å²) in [6.45, 7) is 5.49. The highest BCUT2D eigenvalue weighted by atomic mass is 32.1. The second-order valence-electron chi connectivity index (χ2n) is 6.07. The van der Waals surface area contributed by atoms with Crippen LogP contribution in [0.4, 0.5) is 5.13 Å². The summed E-state index contributed by atoms with van der Waals surface area (Å²) >= 11 is 1.60. The molecule has 6 nitrogen and oxygen atoms in total. The Kier molecular flexibility index (Phi) is 3.85. The number of hydrogen-bond acceptors (Lipinski definition) is 7. The van der Waals surface area contributed by atoms with Gasteiger partial charge in [0.15, 0.2) is 0 Å². The fourth-order valence-corrected chi connectivity index (χ4v) is 4.08. The molecule has 0 amide bonds. The summed E-state index contributed by atoms with van der Waals surface area (Å²) in [5, 5.41) is 9.17. The molecule has 1 atom stereocenters. The fraction of sp³-hybridized carbons (Fsp3) is 0.600. The van der Waals surface area contributed by atoms with Gasteiger partial charge in [0.05, 0.1) is 31.6 Å². The average Bonchev–Trinajstić information content (AvgIpc) is 3.21. The molecule has 0 radical (unpaired) electrons. The molecule has 22 heavy (non-hydrogen) atoms. The van der Waals surface area contributed by atoms with Crippen molar-refractivity contribution in [1.29, 1.82) is 0 Å². The van der Waals surface area contributed by atoms with Gasteiger partial charge < -0.3 is 14.1 Å². The molecule has 4 heterocycles. The number of piperidine rings is 1. The predicted molar refractivity (Wildman–Crippen MR) is 84.0 cm³/mol. The third kappa shape index (κ3) is 2.88. The molecule has 0 aromatic carbocycles. The van der Waals surface area contributed by atoms with Gasteiger partial charge in [0.25, 0.3) is 0 Å². The summed E-state index contributed by atoms with van der Waals surface area (Å²) < 4.78 is 11.7. The van der Waals surface area contributed by atoms with Gasteiger partial charge in [-0.05, 0) is 25.0 Å². The van der Waals surface area contributed by atoms with Crippen LogP contribution < -0.4 is 4.90 Å². The van der Waals surface area contributed by atoms with Crippen molar-refractivity contribution in [1.82, 2.24) is 15.1 Å². The van der Waals surface area contributed by atoms with E-state index in [1.165, 1.54) is 0 Å². The highest BCUT2D eigenvalue weighted by Gasteiger charge is 2.41. The highest BCUT2D eigenvalue weighted by molar-refractivity contribution is 7.13. The Bertz CT molecular complexity index is 585. The number of hydrogen-bond donors (Lipinski definition) is 0. The number of ether oxygens (including phenoxy) is 1. The number of aromatic nitrogens is 2. The lowest BCUT2D eigenvalue weighted by molar-refractivity contribution is -0.117. The van der Waals surface area contributed by atoms with E-state index in [1.807, 2.05) is 12.1 Å². The van der Waals surface area contributed by atoms with E-state index in [0.717, 1.165) is 63.1 Å². The zero-order valence-electron chi connectivity index (χ0n) is 12.5. The molecule has 2 aromatic rings. The molecule has 4 rings (SSSR count). The molecule has 0 aliphatic carbocycles. The summed E-state index contributed by atoms with van der Waals surface area (Å²) in [5.74, 6) is 1.02. The molecule has 118 valence electrons. The van der Waals surface area contributed by atoms with Gasteiger partial charge in [0, 0.05) is 19.6 Å². The van der Waals surface area contributed by atoms with Crippen molar-refractivity contribution in [3.63, 3.8) is 0 Å². The molecule has 0 N–H and O–H groups in total. The van der Waals surface area contributed by atoms with Gasteiger partial charge in [-0.3, -0.25) is 4.90 Å². The van der Waals surface area contributed by atoms with Crippen molar-refractivity contribution in [2.45, 2.75) is 25.0 Å². The highest BCUT2D eigenvalue weighted by Crippen LogP contribution is 2.32. The first-order chi connectivity index (χ1) is 10.8. The van der Waals surface area contributed by atoms with E-state index >= 15 is 0 Å². The molecule has 0 unspecified atom stereocenters. The molecule has 0 bridgehead atoms. The standard InChI is InChI=1S/C15H20N4O2S/c1-3-13(20-7-1)9-18-6-8-21-15(10-18)4-2-5-19(11-15)14-17-16-12-22-14/h1,3,7,12H,2,4-6,8-11H2/t15-/m1/s1. The smallest absolute Gasteiger partial charge is 0.208 e. The summed E-state index contributed by atoms with van der Waals surface area (Å²) in [5.41, 5.74) is 1.70. The molecule has 2 saturated heterocycles. The third-order valence-corrected chi connectivity index (χ3v) is 5.20. The second kappa shape index (κ2) is 5.98. The van der Waals surface area contributed by atoms with Crippen LogP contribution in [0.1, 0.15) is 18.6 Å². The molecule has 2 aromatic heterocycles. The van der Waals surface area contributed by atoms with E-state index in [-0.39, 0.29) is 5.60 Å². The summed E-state index contributed by atoms with van der Waals surface area (Å²) in [7, 11) is 0. The zero-order chi connectivity index (χ0) is 14.8. The van der Waals surface area contributed by atoms with Crippen LogP contribution in [0.2, 0.25) is 0 Å². The first-order valence-electron chi connectivity index (χ1n) is 7.73. The van der Waals surface area contributed by atoms with Crippen LogP contribution in [-0.2, 0) is 11.3 Å². The van der Waals surface area contributed by atoms with E-state index in [0.29, 0.717) is 0 Å². The van der Waals surface area contributed by atoms with Crippen LogP contribution in [-0.4, -0.2) is 53.5 Å². The topological polar surface area (TPSA) is 54.6 Å². The Balaban J connectivity index is 1.45. The minimum absolute atomic E-state index is 0.0885. The Morgan fingerprint density at radius 2 is 2.32 bits per heavy atom. The Labute approximate surface area is 133 Å². The van der Waals surface area contributed by atoms with Crippen LogP contribution in [0.3, 0.4) is 0 Å². The maximum atomic E-state index is 6.23. The largest absolute Gasteiger partial charge is 0.468 e. The predicted octanol–water partition coefficient (Wildman–Crippen LogP) is 2.00. The molecule has 1 spiro atoms. The minimum Gasteiger partial charge on any atom is -0.468 e. The lowest BCUT2D eigenvalue weighted by atomic mass is 9.91. The van der Waals surface area contributed by atoms with Crippen molar-refractivity contribution < 1.29 is 9.15 Å². The number of anilines is 1. The van der Waals surface area contributed by atoms with E-state index in [4.69, 9.17) is 9.15 Å². The third-order valence-electron chi connectivity index (χ3n) is 4.45. The van der Waals surface area contributed by atoms with Gasteiger partial charge in [-0.1, -0.05) is 11.3 Å². The van der Waals surface area contributed by atoms with Crippen molar-refractivity contribution in [3.05, 3.63) is 29.7 Å². The lowest BCUT2D eigenvalue weighted by Gasteiger charge is -2.47. The van der Waals surface area contributed by atoms with E-state index in [9.17, 15) is 0 Å². The van der Waals surface area contributed by atoms with Gasteiger partial charge in [-0.2, -0.15) is 0 Å². The summed E-state index contributed by atoms with van der Waals surface area (Å²) in [6, 6.07) is 3.99. The van der Waals surface area contributed by atoms with Gasteiger partial charge >= 0.3 is 0 Å². The number of morpholine rings is 1. The van der Waals surface area contributed by atoms with Gasteiger partial charge in [-0.25, -0.2) is 0 Å². The van der Waals surface area contributed by atoms with Crippen molar-refractivity contribution >= 4 is 16.5 Å². The zero-order valence-corrected chi connectivity index (χ0v) is 13.3. The maximum absolute atomic E-state index is 6.23. The molecule has 2 aliphatic heterocycles. The van der Waals surface area contributed by atoms with Crippen molar-refractivity contribution in [2.24, 2.45) is 0 Å². The molecule has 0 saturated carbocycles. The fourth-order valence-electron chi connectivity index (χ4n) is 3.49. The second-order valence-corrected chi connectivity index (χ2v) is 6.88. The van der Waals surface area contributed by atoms with Crippen molar-refractivity contribution in [2.75, 3.05) is 37.7 Å². The van der Waals surface area contributed by atoms with Crippen LogP contribution in [0.25, 0.3) is 0 Å². The summed E-state index contributed by atoms with van der Waals surface area (Å²) in [4.78, 5) is 4.75. The first-order valence-corrected chi connectivity index (χ1v) is 8.61. The van der Waals surface area contributed by atoms with E-state index in [2.05, 4.69) is 20.0 Å². The Morgan fingerprint density at radius 1 is 1.32 bits per heavy atom. The van der Waals surface area contributed by atoms with E-state index < -0.39 is 0 Å². The van der Waals surface area contributed by atoms with Gasteiger partial charge in [0.1, 0.15) is 11.3 Å². The number of nitrogens with zero attached hydrogens (tertiary/aromatic N) is 4. The Hall–Kier alpha value is -1.44. The van der Waals surface area contributed by atoms with Gasteiger partial charge in [-0.15, -0.1) is 10.2 Å². The van der Waals surface area contributed by atoms with E-state index in [1.54, 1.807) is 23.1 Å². The first kappa shape index (κ1) is 14.2. The van der Waals surface area contributed by atoms with Crippen LogP contribution in [0.15, 0.2) is 28.3 Å². The molecular weight excluding hydrogens is 300 g/mol. The monoisotopic (exact) mass is 320 g/mol. The summed E-state index contributed by atoms with van der Waals surface area (Å²) in [6.07, 6.45) is 3.98. The van der Waals surface area contributed by atoms with Crippen molar-refractivity contribution in [3.8, 4) is 0 Å². The molecule has 7 heteroatoms. The molecule has 2 fully saturated rings. The normalized spacial score (nSPS) is 26.6. The Morgan fingerprint density at radius 3 is 3.14 bits per heavy atom.